The van der Waals surface area contributed by atoms with Gasteiger partial charge in [-0.25, -0.2) is 4.98 Å². The second-order valence-electron chi connectivity index (χ2n) is 6.20. The lowest BCUT2D eigenvalue weighted by Gasteiger charge is -2.22. The van der Waals surface area contributed by atoms with E-state index in [-0.39, 0.29) is 0 Å². The monoisotopic (exact) mass is 301 g/mol. The molecule has 2 aromatic heterocycles. The molecule has 4 heterocycles. The lowest BCUT2D eigenvalue weighted by molar-refractivity contribution is 0.152. The van der Waals surface area contributed by atoms with Crippen LogP contribution in [-0.2, 0) is 4.74 Å². The van der Waals surface area contributed by atoms with Crippen molar-refractivity contribution in [2.24, 2.45) is 0 Å². The van der Waals surface area contributed by atoms with Gasteiger partial charge in [0.05, 0.1) is 18.3 Å². The van der Waals surface area contributed by atoms with Crippen molar-refractivity contribution in [1.82, 2.24) is 19.9 Å². The van der Waals surface area contributed by atoms with Crippen LogP contribution in [0.3, 0.4) is 0 Å². The summed E-state index contributed by atoms with van der Waals surface area (Å²) in [5, 5.41) is 8.37. The van der Waals surface area contributed by atoms with Crippen LogP contribution in [0.2, 0.25) is 0 Å². The zero-order valence-electron chi connectivity index (χ0n) is 13.1. The minimum Gasteiger partial charge on any atom is -0.380 e. The summed E-state index contributed by atoms with van der Waals surface area (Å²) in [6.45, 7) is 6.69. The summed E-state index contributed by atoms with van der Waals surface area (Å²) in [6.07, 6.45) is 3.44. The molecule has 6 nitrogen and oxygen atoms in total. The van der Waals surface area contributed by atoms with Crippen molar-refractivity contribution < 1.29 is 4.74 Å². The summed E-state index contributed by atoms with van der Waals surface area (Å²) in [5.41, 5.74) is 3.10. The van der Waals surface area contributed by atoms with Gasteiger partial charge in [0.25, 0.3) is 0 Å². The molecule has 2 aliphatic rings. The van der Waals surface area contributed by atoms with Crippen molar-refractivity contribution in [3.05, 3.63) is 23.5 Å². The predicted molar refractivity (Wildman–Crippen MR) is 85.4 cm³/mol. The number of fused-ring (bicyclic) bond motifs is 1. The standard InChI is InChI=1S/C16H23N5O/c1-12-10-16(20-6-3-8-22-9-7-20)21-15(18-12)11-14(19-21)13-4-2-5-17-13/h10-11,13,17H,2-9H2,1H3. The Labute approximate surface area is 130 Å². The van der Waals surface area contributed by atoms with Crippen LogP contribution in [0.1, 0.15) is 36.7 Å². The number of hydrogen-bond acceptors (Lipinski definition) is 5. The van der Waals surface area contributed by atoms with E-state index in [9.17, 15) is 0 Å². The number of aryl methyl sites for hydroxylation is 1. The van der Waals surface area contributed by atoms with Crippen LogP contribution in [0.4, 0.5) is 5.82 Å². The van der Waals surface area contributed by atoms with Crippen molar-refractivity contribution in [3.63, 3.8) is 0 Å². The Morgan fingerprint density at radius 1 is 1.23 bits per heavy atom. The number of hydrogen-bond donors (Lipinski definition) is 1. The van der Waals surface area contributed by atoms with Crippen molar-refractivity contribution in [2.75, 3.05) is 37.7 Å². The van der Waals surface area contributed by atoms with Crippen LogP contribution >= 0.6 is 0 Å². The zero-order chi connectivity index (χ0) is 14.9. The molecule has 2 aliphatic heterocycles. The summed E-state index contributed by atoms with van der Waals surface area (Å²) in [7, 11) is 0. The van der Waals surface area contributed by atoms with E-state index < -0.39 is 0 Å². The topological polar surface area (TPSA) is 54.7 Å². The third-order valence-electron chi connectivity index (χ3n) is 4.52. The van der Waals surface area contributed by atoms with Crippen LogP contribution in [0.25, 0.3) is 5.65 Å². The lowest BCUT2D eigenvalue weighted by atomic mass is 10.2. The van der Waals surface area contributed by atoms with Gasteiger partial charge in [0.1, 0.15) is 5.82 Å². The summed E-state index contributed by atoms with van der Waals surface area (Å²) >= 11 is 0. The Morgan fingerprint density at radius 2 is 2.18 bits per heavy atom. The molecule has 0 spiro atoms. The highest BCUT2D eigenvalue weighted by molar-refractivity contribution is 5.52. The normalized spacial score (nSPS) is 23.1. The first kappa shape index (κ1) is 14.0. The Balaban J connectivity index is 1.75. The first-order valence-electron chi connectivity index (χ1n) is 8.25. The molecular weight excluding hydrogens is 278 g/mol. The molecule has 1 unspecified atom stereocenters. The molecule has 0 aliphatic carbocycles. The van der Waals surface area contributed by atoms with Gasteiger partial charge in [-0.2, -0.15) is 9.61 Å². The molecule has 0 aromatic carbocycles. The Kier molecular flexibility index (Phi) is 3.72. The van der Waals surface area contributed by atoms with Crippen LogP contribution in [0, 0.1) is 6.92 Å². The van der Waals surface area contributed by atoms with Crippen LogP contribution in [-0.4, -0.2) is 47.4 Å². The number of anilines is 1. The van der Waals surface area contributed by atoms with Crippen molar-refractivity contribution in [3.8, 4) is 0 Å². The molecule has 118 valence electrons. The molecular formula is C16H23N5O. The van der Waals surface area contributed by atoms with E-state index >= 15 is 0 Å². The molecule has 1 atom stereocenters. The van der Waals surface area contributed by atoms with E-state index in [0.717, 1.165) is 68.5 Å². The first-order valence-corrected chi connectivity index (χ1v) is 8.25. The molecule has 0 radical (unpaired) electrons. The summed E-state index contributed by atoms with van der Waals surface area (Å²) in [6, 6.07) is 4.65. The highest BCUT2D eigenvalue weighted by Gasteiger charge is 2.22. The summed E-state index contributed by atoms with van der Waals surface area (Å²) < 4.78 is 7.59. The van der Waals surface area contributed by atoms with Crippen LogP contribution < -0.4 is 10.2 Å². The third-order valence-corrected chi connectivity index (χ3v) is 4.52. The van der Waals surface area contributed by atoms with E-state index in [1.54, 1.807) is 0 Å². The molecule has 2 aromatic rings. The third kappa shape index (κ3) is 2.57. The van der Waals surface area contributed by atoms with Gasteiger partial charge >= 0.3 is 0 Å². The molecule has 1 N–H and O–H groups in total. The highest BCUT2D eigenvalue weighted by Crippen LogP contribution is 2.25. The van der Waals surface area contributed by atoms with Gasteiger partial charge in [-0.3, -0.25) is 0 Å². The molecule has 4 rings (SSSR count). The average molecular weight is 301 g/mol. The van der Waals surface area contributed by atoms with Crippen LogP contribution in [0.15, 0.2) is 12.1 Å². The van der Waals surface area contributed by atoms with E-state index in [4.69, 9.17) is 9.84 Å². The van der Waals surface area contributed by atoms with E-state index in [1.165, 1.54) is 6.42 Å². The highest BCUT2D eigenvalue weighted by atomic mass is 16.5. The lowest BCUT2D eigenvalue weighted by Crippen LogP contribution is -2.28. The zero-order valence-corrected chi connectivity index (χ0v) is 13.1. The van der Waals surface area contributed by atoms with E-state index in [1.807, 2.05) is 4.52 Å². The number of rotatable bonds is 2. The maximum atomic E-state index is 5.58. The van der Waals surface area contributed by atoms with Gasteiger partial charge in [-0.1, -0.05) is 0 Å². The van der Waals surface area contributed by atoms with Gasteiger partial charge in [-0.15, -0.1) is 0 Å². The fourth-order valence-corrected chi connectivity index (χ4v) is 3.41. The predicted octanol–water partition coefficient (Wildman–Crippen LogP) is 1.69. The molecule has 0 bridgehead atoms. The quantitative estimate of drug-likeness (QED) is 0.915. The molecule has 6 heteroatoms. The van der Waals surface area contributed by atoms with E-state index in [0.29, 0.717) is 6.04 Å². The van der Waals surface area contributed by atoms with Gasteiger partial charge in [-0.05, 0) is 32.7 Å². The Bertz CT molecular complexity index is 654. The van der Waals surface area contributed by atoms with E-state index in [2.05, 4.69) is 34.3 Å². The molecule has 22 heavy (non-hydrogen) atoms. The summed E-state index contributed by atoms with van der Waals surface area (Å²) in [5.74, 6) is 1.14. The molecule has 2 saturated heterocycles. The Morgan fingerprint density at radius 3 is 3.05 bits per heavy atom. The van der Waals surface area contributed by atoms with Gasteiger partial charge in [0.2, 0.25) is 0 Å². The fraction of sp³-hybridized carbons (Fsp3) is 0.625. The number of nitrogens with zero attached hydrogens (tertiary/aromatic N) is 4. The van der Waals surface area contributed by atoms with Gasteiger partial charge in [0.15, 0.2) is 5.65 Å². The molecule has 2 fully saturated rings. The fourth-order valence-electron chi connectivity index (χ4n) is 3.41. The number of aromatic nitrogens is 3. The number of ether oxygens (including phenoxy) is 1. The van der Waals surface area contributed by atoms with Gasteiger partial charge in [0, 0.05) is 37.5 Å². The van der Waals surface area contributed by atoms with Crippen molar-refractivity contribution in [2.45, 2.75) is 32.2 Å². The first-order chi connectivity index (χ1) is 10.8. The second-order valence-corrected chi connectivity index (χ2v) is 6.20. The maximum absolute atomic E-state index is 5.58. The van der Waals surface area contributed by atoms with Gasteiger partial charge < -0.3 is 15.0 Å². The minimum atomic E-state index is 0.377. The number of nitrogens with one attached hydrogen (secondary N) is 1. The second kappa shape index (κ2) is 5.85. The molecule has 0 saturated carbocycles. The smallest absolute Gasteiger partial charge is 0.157 e. The largest absolute Gasteiger partial charge is 0.380 e. The van der Waals surface area contributed by atoms with Crippen LogP contribution in [0.5, 0.6) is 0 Å². The average Bonchev–Trinajstić information content (AvgIpc) is 3.09. The molecule has 0 amide bonds. The van der Waals surface area contributed by atoms with Crippen molar-refractivity contribution in [1.29, 1.82) is 0 Å². The Hall–Kier alpha value is -1.66. The maximum Gasteiger partial charge on any atom is 0.157 e. The minimum absolute atomic E-state index is 0.377. The van der Waals surface area contributed by atoms with Crippen molar-refractivity contribution >= 4 is 11.5 Å². The summed E-state index contributed by atoms with van der Waals surface area (Å²) in [4.78, 5) is 7.03. The SMILES string of the molecule is Cc1cc(N2CCCOCC2)n2nc(C3CCCN3)cc2n1.